The largest absolute Gasteiger partial charge is 0.379 e. The van der Waals surface area contributed by atoms with Crippen LogP contribution in [-0.4, -0.2) is 90.5 Å². The second-order valence-electron chi connectivity index (χ2n) is 8.06. The Bertz CT molecular complexity index is 339. The van der Waals surface area contributed by atoms with Gasteiger partial charge < -0.3 is 29.2 Å². The highest BCUT2D eigenvalue weighted by molar-refractivity contribution is 4.75. The maximum Gasteiger partial charge on any atom is 0.0701 e. The first-order valence-electron chi connectivity index (χ1n) is 12.0. The number of ether oxygens (including phenoxy) is 4. The van der Waals surface area contributed by atoms with Crippen LogP contribution in [0.1, 0.15) is 58.8 Å². The van der Waals surface area contributed by atoms with Gasteiger partial charge in [0, 0.05) is 19.2 Å². The Morgan fingerprint density at radius 1 is 0.793 bits per heavy atom. The van der Waals surface area contributed by atoms with E-state index in [1.165, 1.54) is 51.6 Å². The van der Waals surface area contributed by atoms with E-state index in [4.69, 9.17) is 18.9 Å². The molecule has 0 saturated carbocycles. The third-order valence-corrected chi connectivity index (χ3v) is 5.84. The Labute approximate surface area is 180 Å². The van der Waals surface area contributed by atoms with Crippen molar-refractivity contribution in [2.45, 2.75) is 64.8 Å². The van der Waals surface area contributed by atoms with Crippen molar-refractivity contribution in [1.29, 1.82) is 0 Å². The molecule has 1 heterocycles. The summed E-state index contributed by atoms with van der Waals surface area (Å²) in [6.45, 7) is 13.4. The van der Waals surface area contributed by atoms with E-state index in [1.807, 2.05) is 0 Å². The first-order valence-corrected chi connectivity index (χ1v) is 12.0. The van der Waals surface area contributed by atoms with E-state index in [0.717, 1.165) is 32.1 Å². The molecule has 0 aromatic rings. The normalized spacial score (nSPS) is 17.1. The van der Waals surface area contributed by atoms with Crippen LogP contribution in [0.2, 0.25) is 0 Å². The number of nitrogens with zero attached hydrogens (tertiary/aromatic N) is 1. The summed E-state index contributed by atoms with van der Waals surface area (Å²) in [4.78, 5) is 2.48. The van der Waals surface area contributed by atoms with Crippen LogP contribution >= 0.6 is 0 Å². The molecule has 1 aliphatic heterocycles. The summed E-state index contributed by atoms with van der Waals surface area (Å²) >= 11 is 0. The van der Waals surface area contributed by atoms with E-state index >= 15 is 0 Å². The van der Waals surface area contributed by atoms with Gasteiger partial charge in [0.15, 0.2) is 0 Å². The molecule has 0 aliphatic carbocycles. The Morgan fingerprint density at radius 3 is 1.86 bits per heavy atom. The summed E-state index contributed by atoms with van der Waals surface area (Å²) in [6, 6.07) is 0.693. The lowest BCUT2D eigenvalue weighted by atomic mass is 9.96. The van der Waals surface area contributed by atoms with Gasteiger partial charge in [-0.15, -0.1) is 0 Å². The molecule has 6 nitrogen and oxygen atoms in total. The molecule has 1 unspecified atom stereocenters. The van der Waals surface area contributed by atoms with Crippen LogP contribution in [0.15, 0.2) is 0 Å². The van der Waals surface area contributed by atoms with Gasteiger partial charge >= 0.3 is 0 Å². The van der Waals surface area contributed by atoms with Gasteiger partial charge in [-0.05, 0) is 51.7 Å². The van der Waals surface area contributed by atoms with Crippen LogP contribution in [0, 0.1) is 5.92 Å². The lowest BCUT2D eigenvalue weighted by molar-refractivity contribution is -0.00496. The monoisotopic (exact) mass is 416 g/mol. The molecule has 0 radical (unpaired) electrons. The Kier molecular flexibility index (Phi) is 18.2. The predicted molar refractivity (Wildman–Crippen MR) is 120 cm³/mol. The van der Waals surface area contributed by atoms with Gasteiger partial charge in [0.05, 0.1) is 46.2 Å². The van der Waals surface area contributed by atoms with Crippen LogP contribution in [0.5, 0.6) is 0 Å². The standard InChI is InChI=1S/C23H48N2O4/c1-4-7-22(5-2)8-6-14-26-16-18-28-20-21-29-19-17-27-15-13-25-11-9-23(24-3)10-12-25/h22-24H,4-21H2,1-3H3. The molecular formula is C23H48N2O4. The van der Waals surface area contributed by atoms with Crippen molar-refractivity contribution >= 4 is 0 Å². The minimum absolute atomic E-state index is 0.621. The van der Waals surface area contributed by atoms with E-state index in [0.29, 0.717) is 45.7 Å². The van der Waals surface area contributed by atoms with Crippen molar-refractivity contribution in [1.82, 2.24) is 10.2 Å². The highest BCUT2D eigenvalue weighted by Crippen LogP contribution is 2.16. The lowest BCUT2D eigenvalue weighted by Gasteiger charge is -2.31. The molecular weight excluding hydrogens is 368 g/mol. The number of hydrogen-bond donors (Lipinski definition) is 1. The van der Waals surface area contributed by atoms with Crippen LogP contribution in [0.4, 0.5) is 0 Å². The minimum atomic E-state index is 0.621. The molecule has 6 heteroatoms. The maximum atomic E-state index is 5.67. The third-order valence-electron chi connectivity index (χ3n) is 5.84. The van der Waals surface area contributed by atoms with Gasteiger partial charge in [-0.3, -0.25) is 0 Å². The van der Waals surface area contributed by atoms with E-state index in [9.17, 15) is 0 Å². The van der Waals surface area contributed by atoms with E-state index < -0.39 is 0 Å². The van der Waals surface area contributed by atoms with Crippen molar-refractivity contribution in [3.63, 3.8) is 0 Å². The summed E-state index contributed by atoms with van der Waals surface area (Å²) < 4.78 is 22.4. The van der Waals surface area contributed by atoms with Crippen molar-refractivity contribution < 1.29 is 18.9 Å². The number of piperidine rings is 1. The van der Waals surface area contributed by atoms with Gasteiger partial charge in [0.1, 0.15) is 0 Å². The molecule has 0 spiro atoms. The van der Waals surface area contributed by atoms with Crippen LogP contribution < -0.4 is 5.32 Å². The van der Waals surface area contributed by atoms with Gasteiger partial charge in [0.25, 0.3) is 0 Å². The minimum Gasteiger partial charge on any atom is -0.379 e. The summed E-state index contributed by atoms with van der Waals surface area (Å²) in [7, 11) is 2.06. The average molecular weight is 417 g/mol. The Balaban J connectivity index is 1.73. The first-order chi connectivity index (χ1) is 14.3. The number of likely N-dealkylation sites (tertiary alicyclic amines) is 1. The second-order valence-corrected chi connectivity index (χ2v) is 8.06. The molecule has 1 atom stereocenters. The highest BCUT2D eigenvalue weighted by atomic mass is 16.6. The smallest absolute Gasteiger partial charge is 0.0701 e. The molecule has 1 N–H and O–H groups in total. The van der Waals surface area contributed by atoms with Gasteiger partial charge in [-0.1, -0.05) is 33.1 Å². The van der Waals surface area contributed by atoms with Crippen LogP contribution in [-0.2, 0) is 18.9 Å². The molecule has 0 amide bonds. The van der Waals surface area contributed by atoms with Gasteiger partial charge in [-0.25, -0.2) is 0 Å². The SMILES string of the molecule is CCCC(CC)CCCOCCOCCOCCOCCN1CCC(NC)CC1. The number of rotatable bonds is 20. The molecule has 1 aliphatic rings. The van der Waals surface area contributed by atoms with Gasteiger partial charge in [0.2, 0.25) is 0 Å². The zero-order valence-electron chi connectivity index (χ0n) is 19.5. The number of nitrogens with one attached hydrogen (secondary N) is 1. The van der Waals surface area contributed by atoms with Crippen molar-refractivity contribution in [3.8, 4) is 0 Å². The fourth-order valence-corrected chi connectivity index (χ4v) is 3.84. The third kappa shape index (κ3) is 15.2. The molecule has 1 saturated heterocycles. The fourth-order valence-electron chi connectivity index (χ4n) is 3.84. The predicted octanol–water partition coefficient (Wildman–Crippen LogP) is 3.34. The zero-order valence-corrected chi connectivity index (χ0v) is 19.5. The molecule has 29 heavy (non-hydrogen) atoms. The first kappa shape index (κ1) is 26.8. The maximum absolute atomic E-state index is 5.67. The molecule has 174 valence electrons. The van der Waals surface area contributed by atoms with Crippen LogP contribution in [0.25, 0.3) is 0 Å². The summed E-state index contributed by atoms with van der Waals surface area (Å²) in [6.07, 6.45) is 8.85. The summed E-state index contributed by atoms with van der Waals surface area (Å²) in [5.74, 6) is 0.872. The van der Waals surface area contributed by atoms with E-state index in [-0.39, 0.29) is 0 Å². The average Bonchev–Trinajstić information content (AvgIpc) is 2.76. The highest BCUT2D eigenvalue weighted by Gasteiger charge is 2.16. The zero-order chi connectivity index (χ0) is 21.0. The van der Waals surface area contributed by atoms with E-state index in [2.05, 4.69) is 31.1 Å². The Morgan fingerprint density at radius 2 is 1.34 bits per heavy atom. The van der Waals surface area contributed by atoms with Crippen LogP contribution in [0.3, 0.4) is 0 Å². The number of hydrogen-bond acceptors (Lipinski definition) is 6. The summed E-state index contributed by atoms with van der Waals surface area (Å²) in [5.41, 5.74) is 0. The van der Waals surface area contributed by atoms with Crippen molar-refractivity contribution in [3.05, 3.63) is 0 Å². The topological polar surface area (TPSA) is 52.2 Å². The van der Waals surface area contributed by atoms with E-state index in [1.54, 1.807) is 0 Å². The molecule has 0 aromatic heterocycles. The fraction of sp³-hybridized carbons (Fsp3) is 1.00. The molecule has 0 aromatic carbocycles. The van der Waals surface area contributed by atoms with Gasteiger partial charge in [-0.2, -0.15) is 0 Å². The van der Waals surface area contributed by atoms with Crippen molar-refractivity contribution in [2.24, 2.45) is 5.92 Å². The summed E-state index contributed by atoms with van der Waals surface area (Å²) in [5, 5.41) is 3.36. The Hall–Kier alpha value is -0.240. The quantitative estimate of drug-likeness (QED) is 0.307. The molecule has 1 fully saturated rings. The molecule has 1 rings (SSSR count). The second kappa shape index (κ2) is 19.7. The molecule has 0 bridgehead atoms. The van der Waals surface area contributed by atoms with Crippen molar-refractivity contribution in [2.75, 3.05) is 79.5 Å². The lowest BCUT2D eigenvalue weighted by Crippen LogP contribution is -2.42.